The summed E-state index contributed by atoms with van der Waals surface area (Å²) in [6, 6.07) is 22.5. The number of rotatable bonds is 9. The van der Waals surface area contributed by atoms with E-state index in [1.165, 1.54) is 11.0 Å². The maximum atomic E-state index is 13.1. The number of nitrogens with zero attached hydrogens (tertiary/aromatic N) is 3. The second kappa shape index (κ2) is 16.8. The van der Waals surface area contributed by atoms with E-state index in [-0.39, 0.29) is 24.4 Å². The van der Waals surface area contributed by atoms with Crippen molar-refractivity contribution >= 4 is 29.2 Å². The first-order chi connectivity index (χ1) is 24.8. The highest BCUT2D eigenvalue weighted by Crippen LogP contribution is 2.30. The Hall–Kier alpha value is -5.27. The number of carbonyl (C=O) groups excluding carboxylic acids is 3. The molecule has 3 aliphatic rings. The molecule has 6 rings (SSSR count). The van der Waals surface area contributed by atoms with Crippen molar-refractivity contribution < 1.29 is 32.3 Å². The number of fused-ring (bicyclic) bond motifs is 2. The van der Waals surface area contributed by atoms with Gasteiger partial charge in [0.2, 0.25) is 5.91 Å². The van der Waals surface area contributed by atoms with E-state index < -0.39 is 29.6 Å². The summed E-state index contributed by atoms with van der Waals surface area (Å²) in [4.78, 5) is 46.1. The molecule has 3 aliphatic heterocycles. The van der Waals surface area contributed by atoms with Crippen LogP contribution in [0, 0.1) is 0 Å². The number of morpholine rings is 1. The molecule has 4 N–H and O–H groups in total. The molecule has 0 spiro atoms. The molecule has 0 radical (unpaired) electrons. The summed E-state index contributed by atoms with van der Waals surface area (Å²) in [5.41, 5.74) is 8.34. The molecular weight excluding hydrogens is 673 g/mol. The lowest BCUT2D eigenvalue weighted by Crippen LogP contribution is -2.55. The molecule has 0 saturated carbocycles. The standard InChI is InChI=1S/C23H23F3N4O2.C16H20N2O2/c1-3-30-20(28-17-10-5-4-6-11-17)18(14(2)27)13-19(22(30)32)29-21(31)15-8-7-9-16(12-15)23(24,25)26;1-12(9-18-10-15-7-14(18)11-20-15)16(19)17-8-13-5-3-2-4-6-13/h4-12,19H,3,13,27H2,1-2H3,(H,29,31);2-6,14-15H,1,7-11H2,(H,17,19)/b18-14-,28-20?;. The van der Waals surface area contributed by atoms with Crippen molar-refractivity contribution in [1.29, 1.82) is 0 Å². The molecular formula is C39H43F3N6O4. The van der Waals surface area contributed by atoms with Gasteiger partial charge in [-0.2, -0.15) is 13.2 Å². The number of aliphatic imine (C=N–C) groups is 1. The highest BCUT2D eigenvalue weighted by molar-refractivity contribution is 6.14. The maximum absolute atomic E-state index is 13.1. The minimum Gasteiger partial charge on any atom is -0.402 e. The van der Waals surface area contributed by atoms with Crippen LogP contribution in [-0.4, -0.2) is 77.8 Å². The van der Waals surface area contributed by atoms with Gasteiger partial charge in [0.1, 0.15) is 11.9 Å². The van der Waals surface area contributed by atoms with Crippen molar-refractivity contribution in [2.45, 2.75) is 57.6 Å². The summed E-state index contributed by atoms with van der Waals surface area (Å²) < 4.78 is 44.5. The molecule has 3 aromatic rings. The van der Waals surface area contributed by atoms with Crippen LogP contribution in [0.25, 0.3) is 0 Å². The summed E-state index contributed by atoms with van der Waals surface area (Å²) >= 11 is 0. The third-order valence-electron chi connectivity index (χ3n) is 9.06. The number of likely N-dealkylation sites (tertiary alicyclic amines) is 2. The van der Waals surface area contributed by atoms with E-state index in [1.54, 1.807) is 26.0 Å². The second-order valence-electron chi connectivity index (χ2n) is 12.9. The van der Waals surface area contributed by atoms with Gasteiger partial charge in [-0.15, -0.1) is 0 Å². The topological polar surface area (TPSA) is 129 Å². The van der Waals surface area contributed by atoms with Gasteiger partial charge in [-0.3, -0.25) is 24.2 Å². The van der Waals surface area contributed by atoms with Crippen molar-refractivity contribution in [3.8, 4) is 0 Å². The minimum atomic E-state index is -4.58. The lowest BCUT2D eigenvalue weighted by atomic mass is 9.95. The molecule has 0 aliphatic carbocycles. The summed E-state index contributed by atoms with van der Waals surface area (Å²) in [5, 5.41) is 5.48. The van der Waals surface area contributed by atoms with Crippen molar-refractivity contribution in [1.82, 2.24) is 20.4 Å². The number of nitrogens with one attached hydrogen (secondary N) is 2. The second-order valence-corrected chi connectivity index (χ2v) is 12.9. The predicted molar refractivity (Wildman–Crippen MR) is 192 cm³/mol. The van der Waals surface area contributed by atoms with Crippen LogP contribution in [0.2, 0.25) is 0 Å². The van der Waals surface area contributed by atoms with Gasteiger partial charge in [-0.25, -0.2) is 4.99 Å². The number of carbonyl (C=O) groups is 3. The lowest BCUT2D eigenvalue weighted by molar-refractivity contribution is -0.137. The van der Waals surface area contributed by atoms with Crippen molar-refractivity contribution in [3.05, 3.63) is 125 Å². The highest BCUT2D eigenvalue weighted by Gasteiger charge is 2.40. The van der Waals surface area contributed by atoms with E-state index in [2.05, 4.69) is 27.1 Å². The molecule has 52 heavy (non-hydrogen) atoms. The Bertz CT molecular complexity index is 1830. The minimum absolute atomic E-state index is 0.0578. The number of likely N-dealkylation sites (N-methyl/N-ethyl adjacent to an activating group) is 1. The Morgan fingerprint density at radius 3 is 2.33 bits per heavy atom. The number of para-hydroxylation sites is 1. The van der Waals surface area contributed by atoms with Crippen LogP contribution in [0.1, 0.15) is 48.2 Å². The third-order valence-corrected chi connectivity index (χ3v) is 9.06. The molecule has 10 nitrogen and oxygen atoms in total. The monoisotopic (exact) mass is 716 g/mol. The molecule has 3 aromatic carbocycles. The smallest absolute Gasteiger partial charge is 0.402 e. The molecule has 3 unspecified atom stereocenters. The zero-order valence-corrected chi connectivity index (χ0v) is 29.2. The maximum Gasteiger partial charge on any atom is 0.416 e. The fraction of sp³-hybridized carbons (Fsp3) is 0.333. The largest absolute Gasteiger partial charge is 0.416 e. The van der Waals surface area contributed by atoms with E-state index in [9.17, 15) is 27.6 Å². The summed E-state index contributed by atoms with van der Waals surface area (Å²) in [6.45, 7) is 10.5. The first kappa shape index (κ1) is 38.0. The van der Waals surface area contributed by atoms with E-state index in [0.717, 1.165) is 43.3 Å². The van der Waals surface area contributed by atoms with Gasteiger partial charge in [0.15, 0.2) is 0 Å². The van der Waals surface area contributed by atoms with Gasteiger partial charge in [0.25, 0.3) is 11.8 Å². The number of amides is 3. The first-order valence-corrected chi connectivity index (χ1v) is 17.1. The zero-order valence-electron chi connectivity index (χ0n) is 29.2. The number of piperidine rings is 1. The van der Waals surface area contributed by atoms with Crippen LogP contribution in [0.5, 0.6) is 0 Å². The van der Waals surface area contributed by atoms with E-state index in [1.807, 2.05) is 48.5 Å². The van der Waals surface area contributed by atoms with Crippen LogP contribution in [0.15, 0.2) is 113 Å². The van der Waals surface area contributed by atoms with Gasteiger partial charge in [0, 0.05) is 61.0 Å². The van der Waals surface area contributed by atoms with E-state index >= 15 is 0 Å². The normalized spacial score (nSPS) is 21.7. The average molecular weight is 717 g/mol. The molecule has 3 atom stereocenters. The quantitative estimate of drug-likeness (QED) is 0.256. The van der Waals surface area contributed by atoms with E-state index in [0.29, 0.717) is 53.6 Å². The van der Waals surface area contributed by atoms with Crippen LogP contribution < -0.4 is 16.4 Å². The van der Waals surface area contributed by atoms with Crippen LogP contribution in [0.3, 0.4) is 0 Å². The van der Waals surface area contributed by atoms with Gasteiger partial charge in [0.05, 0.1) is 24.0 Å². The predicted octanol–water partition coefficient (Wildman–Crippen LogP) is 5.35. The number of halogens is 3. The Morgan fingerprint density at radius 1 is 1.04 bits per heavy atom. The molecule has 0 aromatic heterocycles. The molecule has 3 saturated heterocycles. The van der Waals surface area contributed by atoms with Gasteiger partial charge >= 0.3 is 6.18 Å². The highest BCUT2D eigenvalue weighted by atomic mass is 19.4. The number of hydrogen-bond donors (Lipinski definition) is 3. The Kier molecular flexibility index (Phi) is 12.3. The Labute approximate surface area is 301 Å². The SMILES string of the molecule is C=C(CN1CC2CC1CO2)C(=O)NCc1ccccc1.CCN1C(=O)C(NC(=O)c2cccc(C(F)(F)F)c2)C/C(=C(\C)N)C1=Nc1ccccc1. The lowest BCUT2D eigenvalue weighted by Gasteiger charge is -2.35. The van der Waals surface area contributed by atoms with Crippen molar-refractivity contribution in [2.24, 2.45) is 10.7 Å². The molecule has 2 bridgehead atoms. The fourth-order valence-corrected chi connectivity index (χ4v) is 6.32. The van der Waals surface area contributed by atoms with Gasteiger partial charge in [-0.1, -0.05) is 61.2 Å². The first-order valence-electron chi connectivity index (χ1n) is 17.1. The zero-order chi connectivity index (χ0) is 37.4. The number of hydrogen-bond acceptors (Lipinski definition) is 7. The number of amidine groups is 1. The van der Waals surface area contributed by atoms with Crippen LogP contribution in [-0.2, 0) is 27.0 Å². The summed E-state index contributed by atoms with van der Waals surface area (Å²) in [5.74, 6) is -0.846. The fourth-order valence-electron chi connectivity index (χ4n) is 6.32. The average Bonchev–Trinajstić information content (AvgIpc) is 3.76. The molecule has 13 heteroatoms. The number of ether oxygens (including phenoxy) is 1. The van der Waals surface area contributed by atoms with Crippen molar-refractivity contribution in [2.75, 3.05) is 26.2 Å². The van der Waals surface area contributed by atoms with Crippen molar-refractivity contribution in [3.63, 3.8) is 0 Å². The van der Waals surface area contributed by atoms with Crippen LogP contribution >= 0.6 is 0 Å². The third kappa shape index (κ3) is 9.53. The molecule has 3 fully saturated rings. The number of nitrogens with two attached hydrogens (primary N) is 1. The molecule has 274 valence electrons. The Balaban J connectivity index is 0.000000223. The molecule has 3 amide bonds. The summed E-state index contributed by atoms with van der Waals surface area (Å²) in [6.07, 6.45) is -3.04. The Morgan fingerprint density at radius 2 is 1.73 bits per heavy atom. The van der Waals surface area contributed by atoms with Gasteiger partial charge in [-0.05, 0) is 56.2 Å². The van der Waals surface area contributed by atoms with E-state index in [4.69, 9.17) is 10.5 Å². The van der Waals surface area contributed by atoms with Crippen LogP contribution in [0.4, 0.5) is 18.9 Å². The van der Waals surface area contributed by atoms with Gasteiger partial charge < -0.3 is 21.1 Å². The number of alkyl halides is 3. The number of allylic oxidation sites excluding steroid dienone is 1. The summed E-state index contributed by atoms with van der Waals surface area (Å²) in [7, 11) is 0. The molecule has 3 heterocycles. The number of benzene rings is 3.